The topological polar surface area (TPSA) is 82.6 Å². The van der Waals surface area contributed by atoms with Crippen molar-refractivity contribution in [1.29, 1.82) is 0 Å². The van der Waals surface area contributed by atoms with E-state index in [1.165, 1.54) is 0 Å². The van der Waals surface area contributed by atoms with Crippen molar-refractivity contribution in [3.05, 3.63) is 42.0 Å². The summed E-state index contributed by atoms with van der Waals surface area (Å²) in [6, 6.07) is 12.4. The molecule has 3 N–H and O–H groups in total. The molecule has 2 aromatic carbocycles. The maximum absolute atomic E-state index is 12.1. The molecule has 0 unspecified atom stereocenters. The van der Waals surface area contributed by atoms with Gasteiger partial charge in [0.2, 0.25) is 0 Å². The number of aliphatic hydroxyl groups is 1. The third-order valence-electron chi connectivity index (χ3n) is 7.26. The highest BCUT2D eigenvalue weighted by Gasteiger charge is 2.59. The van der Waals surface area contributed by atoms with E-state index < -0.39 is 23.1 Å². The van der Waals surface area contributed by atoms with Crippen molar-refractivity contribution in [1.82, 2.24) is 4.98 Å². The van der Waals surface area contributed by atoms with Crippen molar-refractivity contribution in [3.8, 4) is 5.75 Å². The molecule has 4 atom stereocenters. The predicted octanol–water partition coefficient (Wildman–Crippen LogP) is 4.27. The summed E-state index contributed by atoms with van der Waals surface area (Å²) in [5, 5.41) is 22.8. The van der Waals surface area contributed by atoms with Gasteiger partial charge in [0.05, 0.1) is 11.5 Å². The van der Waals surface area contributed by atoms with Crippen molar-refractivity contribution in [2.45, 2.75) is 51.2 Å². The summed E-state index contributed by atoms with van der Waals surface area (Å²) in [4.78, 5) is 15.6. The molecular formula is C23H25NO4. The maximum Gasteiger partial charge on any atom is 0.312 e. The van der Waals surface area contributed by atoms with E-state index in [9.17, 15) is 15.0 Å². The summed E-state index contributed by atoms with van der Waals surface area (Å²) in [5.41, 5.74) is 1.44. The van der Waals surface area contributed by atoms with Gasteiger partial charge in [0.1, 0.15) is 11.4 Å². The van der Waals surface area contributed by atoms with Crippen LogP contribution >= 0.6 is 0 Å². The van der Waals surface area contributed by atoms with E-state index >= 15 is 0 Å². The molecule has 1 fully saturated rings. The highest BCUT2D eigenvalue weighted by atomic mass is 16.5. The zero-order valence-corrected chi connectivity index (χ0v) is 16.2. The van der Waals surface area contributed by atoms with Crippen molar-refractivity contribution in [2.75, 3.05) is 0 Å². The van der Waals surface area contributed by atoms with Crippen LogP contribution in [0.25, 0.3) is 21.8 Å². The van der Waals surface area contributed by atoms with Crippen LogP contribution in [0.3, 0.4) is 0 Å². The van der Waals surface area contributed by atoms with E-state index in [0.717, 1.165) is 39.5 Å². The van der Waals surface area contributed by atoms with Gasteiger partial charge in [0.25, 0.3) is 0 Å². The zero-order chi connectivity index (χ0) is 19.7. The van der Waals surface area contributed by atoms with E-state index in [4.69, 9.17) is 4.74 Å². The molecule has 0 amide bonds. The van der Waals surface area contributed by atoms with E-state index in [2.05, 4.69) is 29.2 Å². The lowest BCUT2D eigenvalue weighted by atomic mass is 9.58. The monoisotopic (exact) mass is 379 g/mol. The minimum atomic E-state index is -1.21. The lowest BCUT2D eigenvalue weighted by molar-refractivity contribution is -0.183. The number of nitrogens with one attached hydrogen (secondary N) is 1. The first-order chi connectivity index (χ1) is 13.3. The number of benzene rings is 2. The van der Waals surface area contributed by atoms with Gasteiger partial charge in [-0.1, -0.05) is 18.2 Å². The molecule has 2 heterocycles. The van der Waals surface area contributed by atoms with Gasteiger partial charge < -0.3 is 19.9 Å². The fourth-order valence-corrected chi connectivity index (χ4v) is 5.55. The number of hydrogen-bond donors (Lipinski definition) is 3. The molecule has 146 valence electrons. The number of rotatable bonds is 1. The van der Waals surface area contributed by atoms with Gasteiger partial charge in [-0.3, -0.25) is 4.79 Å². The standard InChI is InChI=1S/C23H25NO4/c1-22-10-9-20(25)23(2,21(26)27)19(22)8-7-13-11-17-15(12-18(13)28-22)14-5-3-4-6-16(14)24-17/h3-6,11-12,19-20,24-25H,7-10H2,1-2H3,(H,26,27)/t19-,20+,22+,23+/m1/s1. The molecule has 5 rings (SSSR count). The average Bonchev–Trinajstić information content (AvgIpc) is 2.94. The molecule has 5 nitrogen and oxygen atoms in total. The fourth-order valence-electron chi connectivity index (χ4n) is 5.55. The number of aromatic nitrogens is 1. The largest absolute Gasteiger partial charge is 0.487 e. The molecule has 28 heavy (non-hydrogen) atoms. The number of carbonyl (C=O) groups is 1. The predicted molar refractivity (Wildman–Crippen MR) is 108 cm³/mol. The van der Waals surface area contributed by atoms with E-state index in [0.29, 0.717) is 19.3 Å². The van der Waals surface area contributed by atoms with Crippen LogP contribution in [0.4, 0.5) is 0 Å². The molecule has 0 spiro atoms. The molecule has 1 aliphatic carbocycles. The van der Waals surface area contributed by atoms with Crippen LogP contribution in [0, 0.1) is 11.3 Å². The number of aromatic amines is 1. The highest BCUT2D eigenvalue weighted by Crippen LogP contribution is 2.53. The van der Waals surface area contributed by atoms with Crippen LogP contribution in [0.5, 0.6) is 5.75 Å². The smallest absolute Gasteiger partial charge is 0.312 e. The first-order valence-corrected chi connectivity index (χ1v) is 9.97. The maximum atomic E-state index is 12.1. The number of hydrogen-bond acceptors (Lipinski definition) is 3. The SMILES string of the molecule is C[C@@]1(C(=O)O)[C@@H](O)CC[C@]2(C)Oc3cc4c(cc3CC[C@@H]12)[nH]c1ccccc14. The van der Waals surface area contributed by atoms with Crippen LogP contribution in [-0.4, -0.2) is 32.9 Å². The number of fused-ring (bicyclic) bond motifs is 5. The Labute approximate surface area is 163 Å². The van der Waals surface area contributed by atoms with E-state index in [-0.39, 0.29) is 5.92 Å². The minimum absolute atomic E-state index is 0.260. The Kier molecular flexibility index (Phi) is 3.60. The third kappa shape index (κ3) is 2.26. The Bertz CT molecular complexity index is 1100. The molecule has 2 aliphatic rings. The Hall–Kier alpha value is -2.53. The lowest BCUT2D eigenvalue weighted by Crippen LogP contribution is -2.60. The molecule has 1 aromatic heterocycles. The van der Waals surface area contributed by atoms with Crippen LogP contribution < -0.4 is 4.74 Å². The molecule has 1 saturated carbocycles. The van der Waals surface area contributed by atoms with Gasteiger partial charge in [-0.25, -0.2) is 0 Å². The molecule has 5 heteroatoms. The fraction of sp³-hybridized carbons (Fsp3) is 0.435. The number of aliphatic hydroxyl groups excluding tert-OH is 1. The second-order valence-electron chi connectivity index (χ2n) is 8.82. The average molecular weight is 379 g/mol. The molecular weight excluding hydrogens is 354 g/mol. The van der Waals surface area contributed by atoms with Gasteiger partial charge >= 0.3 is 5.97 Å². The van der Waals surface area contributed by atoms with Crippen LogP contribution in [0.1, 0.15) is 38.7 Å². The molecule has 0 bridgehead atoms. The number of ether oxygens (including phenoxy) is 1. The summed E-state index contributed by atoms with van der Waals surface area (Å²) in [6.07, 6.45) is 1.63. The summed E-state index contributed by atoms with van der Waals surface area (Å²) >= 11 is 0. The van der Waals surface area contributed by atoms with Crippen LogP contribution in [0.2, 0.25) is 0 Å². The highest BCUT2D eigenvalue weighted by molar-refractivity contribution is 6.07. The van der Waals surface area contributed by atoms with Gasteiger partial charge in [0, 0.05) is 27.7 Å². The van der Waals surface area contributed by atoms with Gasteiger partial charge in [-0.2, -0.15) is 0 Å². The summed E-state index contributed by atoms with van der Waals surface area (Å²) in [6.45, 7) is 3.69. The van der Waals surface area contributed by atoms with Crippen molar-refractivity contribution < 1.29 is 19.7 Å². The van der Waals surface area contributed by atoms with Crippen LogP contribution in [-0.2, 0) is 11.2 Å². The number of carboxylic acid groups (broad SMARTS) is 1. The number of para-hydroxylation sites is 1. The molecule has 0 saturated heterocycles. The Morgan fingerprint density at radius 3 is 2.71 bits per heavy atom. The quantitative estimate of drug-likeness (QED) is 0.590. The van der Waals surface area contributed by atoms with Crippen molar-refractivity contribution >= 4 is 27.8 Å². The second-order valence-corrected chi connectivity index (χ2v) is 8.82. The van der Waals surface area contributed by atoms with Crippen molar-refractivity contribution in [3.63, 3.8) is 0 Å². The van der Waals surface area contributed by atoms with Gasteiger partial charge in [-0.05, 0) is 63.3 Å². The lowest BCUT2D eigenvalue weighted by Gasteiger charge is -2.51. The van der Waals surface area contributed by atoms with Crippen LogP contribution in [0.15, 0.2) is 36.4 Å². The number of aryl methyl sites for hydroxylation is 1. The van der Waals surface area contributed by atoms with Gasteiger partial charge in [0.15, 0.2) is 0 Å². The summed E-state index contributed by atoms with van der Waals surface area (Å²) in [7, 11) is 0. The number of aliphatic carboxylic acids is 1. The van der Waals surface area contributed by atoms with E-state index in [1.54, 1.807) is 6.92 Å². The molecule has 0 radical (unpaired) electrons. The minimum Gasteiger partial charge on any atom is -0.487 e. The van der Waals surface area contributed by atoms with Crippen molar-refractivity contribution in [2.24, 2.45) is 11.3 Å². The second kappa shape index (κ2) is 5.74. The first kappa shape index (κ1) is 17.6. The summed E-state index contributed by atoms with van der Waals surface area (Å²) < 4.78 is 6.58. The Balaban J connectivity index is 1.64. The Morgan fingerprint density at radius 2 is 1.93 bits per heavy atom. The number of H-pyrrole nitrogens is 1. The molecule has 3 aromatic rings. The normalized spacial score (nSPS) is 32.4. The summed E-state index contributed by atoms with van der Waals surface area (Å²) in [5.74, 6) is -0.362. The van der Waals surface area contributed by atoms with E-state index in [1.807, 2.05) is 19.1 Å². The first-order valence-electron chi connectivity index (χ1n) is 9.97. The third-order valence-corrected chi connectivity index (χ3v) is 7.26. The zero-order valence-electron chi connectivity index (χ0n) is 16.2. The molecule has 1 aliphatic heterocycles. The number of carboxylic acids is 1. The Morgan fingerprint density at radius 1 is 1.14 bits per heavy atom. The van der Waals surface area contributed by atoms with Gasteiger partial charge in [-0.15, -0.1) is 0 Å².